The van der Waals surface area contributed by atoms with Crippen molar-refractivity contribution >= 4 is 5.91 Å². The standard InChI is InChI=1S/C16H24N2O2/c1-18(2)16(19)7-4-10-20-13-9-8-12-5-3-6-15(17)14(12)11-13/h8-9,11,15H,3-7,10,17H2,1-2H3/t15-/m1/s1. The SMILES string of the molecule is CN(C)C(=O)CCCOc1ccc2c(c1)[C@H](N)CCC2. The molecule has 1 amide bonds. The van der Waals surface area contributed by atoms with Crippen molar-refractivity contribution in [2.24, 2.45) is 5.73 Å². The molecule has 110 valence electrons. The third kappa shape index (κ3) is 3.73. The van der Waals surface area contributed by atoms with Gasteiger partial charge in [0.1, 0.15) is 5.75 Å². The Balaban J connectivity index is 1.85. The van der Waals surface area contributed by atoms with Gasteiger partial charge in [0.15, 0.2) is 0 Å². The minimum absolute atomic E-state index is 0.137. The molecule has 0 saturated carbocycles. The zero-order valence-corrected chi connectivity index (χ0v) is 12.4. The molecule has 0 aromatic heterocycles. The smallest absolute Gasteiger partial charge is 0.222 e. The Bertz CT molecular complexity index is 472. The summed E-state index contributed by atoms with van der Waals surface area (Å²) in [5.41, 5.74) is 8.70. The van der Waals surface area contributed by atoms with Gasteiger partial charge in [-0.3, -0.25) is 4.79 Å². The van der Waals surface area contributed by atoms with E-state index in [1.165, 1.54) is 17.5 Å². The second-order valence-corrected chi connectivity index (χ2v) is 5.60. The lowest BCUT2D eigenvalue weighted by molar-refractivity contribution is -0.128. The largest absolute Gasteiger partial charge is 0.494 e. The van der Waals surface area contributed by atoms with Gasteiger partial charge in [-0.05, 0) is 48.9 Å². The molecule has 20 heavy (non-hydrogen) atoms. The molecular formula is C16H24N2O2. The van der Waals surface area contributed by atoms with Gasteiger partial charge in [-0.2, -0.15) is 0 Å². The van der Waals surface area contributed by atoms with E-state index in [1.807, 2.05) is 6.07 Å². The molecular weight excluding hydrogens is 252 g/mol. The fourth-order valence-electron chi connectivity index (χ4n) is 2.54. The van der Waals surface area contributed by atoms with E-state index < -0.39 is 0 Å². The average molecular weight is 276 g/mol. The van der Waals surface area contributed by atoms with Crippen molar-refractivity contribution in [1.29, 1.82) is 0 Å². The van der Waals surface area contributed by atoms with Gasteiger partial charge in [0, 0.05) is 26.6 Å². The molecule has 1 aliphatic rings. The number of rotatable bonds is 5. The Morgan fingerprint density at radius 3 is 3.00 bits per heavy atom. The van der Waals surface area contributed by atoms with Crippen LogP contribution in [0.1, 0.15) is 42.9 Å². The highest BCUT2D eigenvalue weighted by molar-refractivity contribution is 5.75. The number of fused-ring (bicyclic) bond motifs is 1. The normalized spacial score (nSPS) is 17.4. The molecule has 0 spiro atoms. The maximum atomic E-state index is 11.4. The fourth-order valence-corrected chi connectivity index (χ4v) is 2.54. The summed E-state index contributed by atoms with van der Waals surface area (Å²) in [6, 6.07) is 6.32. The number of nitrogens with two attached hydrogens (primary N) is 1. The van der Waals surface area contributed by atoms with Crippen molar-refractivity contribution in [1.82, 2.24) is 4.90 Å². The summed E-state index contributed by atoms with van der Waals surface area (Å²) in [6.45, 7) is 0.563. The van der Waals surface area contributed by atoms with Crippen molar-refractivity contribution in [2.45, 2.75) is 38.1 Å². The molecule has 2 N–H and O–H groups in total. The van der Waals surface area contributed by atoms with Crippen LogP contribution < -0.4 is 10.5 Å². The van der Waals surface area contributed by atoms with Crippen molar-refractivity contribution in [3.63, 3.8) is 0 Å². The van der Waals surface area contributed by atoms with Crippen LogP contribution in [0, 0.1) is 0 Å². The first-order chi connectivity index (χ1) is 9.58. The van der Waals surface area contributed by atoms with Gasteiger partial charge >= 0.3 is 0 Å². The van der Waals surface area contributed by atoms with E-state index in [0.29, 0.717) is 13.0 Å². The monoisotopic (exact) mass is 276 g/mol. The molecule has 4 nitrogen and oxygen atoms in total. The predicted octanol–water partition coefficient (Wildman–Crippen LogP) is 2.27. The lowest BCUT2D eigenvalue weighted by Gasteiger charge is -2.22. The quantitative estimate of drug-likeness (QED) is 0.839. The van der Waals surface area contributed by atoms with Crippen molar-refractivity contribution in [2.75, 3.05) is 20.7 Å². The molecule has 0 bridgehead atoms. The van der Waals surface area contributed by atoms with Crippen molar-refractivity contribution < 1.29 is 9.53 Å². The zero-order valence-electron chi connectivity index (χ0n) is 12.4. The number of nitrogens with zero attached hydrogens (tertiary/aromatic N) is 1. The van der Waals surface area contributed by atoms with Crippen LogP contribution in [0.25, 0.3) is 0 Å². The van der Waals surface area contributed by atoms with Gasteiger partial charge in [0.25, 0.3) is 0 Å². The van der Waals surface area contributed by atoms with Crippen LogP contribution in [-0.4, -0.2) is 31.5 Å². The predicted molar refractivity (Wildman–Crippen MR) is 79.7 cm³/mol. The first-order valence-corrected chi connectivity index (χ1v) is 7.29. The van der Waals surface area contributed by atoms with Gasteiger partial charge in [0.2, 0.25) is 5.91 Å². The molecule has 2 rings (SSSR count). The molecule has 0 unspecified atom stereocenters. The zero-order chi connectivity index (χ0) is 14.5. The van der Waals surface area contributed by atoms with Gasteiger partial charge < -0.3 is 15.4 Å². The maximum Gasteiger partial charge on any atom is 0.222 e. The number of aryl methyl sites for hydroxylation is 1. The van der Waals surface area contributed by atoms with E-state index >= 15 is 0 Å². The minimum Gasteiger partial charge on any atom is -0.494 e. The summed E-state index contributed by atoms with van der Waals surface area (Å²) in [7, 11) is 3.54. The number of hydrogen-bond donors (Lipinski definition) is 1. The average Bonchev–Trinajstić information content (AvgIpc) is 2.44. The van der Waals surface area contributed by atoms with Gasteiger partial charge in [-0.15, -0.1) is 0 Å². The van der Waals surface area contributed by atoms with E-state index in [0.717, 1.165) is 25.0 Å². The number of benzene rings is 1. The highest BCUT2D eigenvalue weighted by Crippen LogP contribution is 2.30. The maximum absolute atomic E-state index is 11.4. The van der Waals surface area contributed by atoms with Crippen molar-refractivity contribution in [3.05, 3.63) is 29.3 Å². The molecule has 0 fully saturated rings. The summed E-state index contributed by atoms with van der Waals surface area (Å²) >= 11 is 0. The van der Waals surface area contributed by atoms with E-state index in [-0.39, 0.29) is 11.9 Å². The van der Waals surface area contributed by atoms with E-state index in [9.17, 15) is 4.79 Å². The Morgan fingerprint density at radius 2 is 2.25 bits per heavy atom. The molecule has 1 aliphatic carbocycles. The van der Waals surface area contributed by atoms with Crippen LogP contribution >= 0.6 is 0 Å². The number of ether oxygens (including phenoxy) is 1. The third-order valence-electron chi connectivity index (χ3n) is 3.78. The van der Waals surface area contributed by atoms with Gasteiger partial charge in [0.05, 0.1) is 6.61 Å². The van der Waals surface area contributed by atoms with E-state index in [4.69, 9.17) is 10.5 Å². The Morgan fingerprint density at radius 1 is 1.45 bits per heavy atom. The van der Waals surface area contributed by atoms with Crippen molar-refractivity contribution in [3.8, 4) is 5.75 Å². The number of carbonyl (C=O) groups excluding carboxylic acids is 1. The van der Waals surface area contributed by atoms with Crippen LogP contribution in [0.2, 0.25) is 0 Å². The Kier molecular flexibility index (Phi) is 5.01. The van der Waals surface area contributed by atoms with Gasteiger partial charge in [-0.1, -0.05) is 6.07 Å². The molecule has 0 aliphatic heterocycles. The highest BCUT2D eigenvalue weighted by atomic mass is 16.5. The summed E-state index contributed by atoms with van der Waals surface area (Å²) in [6.07, 6.45) is 4.59. The van der Waals surface area contributed by atoms with E-state index in [1.54, 1.807) is 19.0 Å². The molecule has 1 atom stereocenters. The molecule has 0 heterocycles. The lowest BCUT2D eigenvalue weighted by atomic mass is 9.88. The molecule has 0 saturated heterocycles. The number of hydrogen-bond acceptors (Lipinski definition) is 3. The highest BCUT2D eigenvalue weighted by Gasteiger charge is 2.17. The van der Waals surface area contributed by atoms with Crippen LogP contribution in [-0.2, 0) is 11.2 Å². The summed E-state index contributed by atoms with van der Waals surface area (Å²) in [5.74, 6) is 1.000. The van der Waals surface area contributed by atoms with Crippen LogP contribution in [0.15, 0.2) is 18.2 Å². The first-order valence-electron chi connectivity index (χ1n) is 7.29. The molecule has 0 radical (unpaired) electrons. The summed E-state index contributed by atoms with van der Waals surface area (Å²) in [4.78, 5) is 13.1. The number of carbonyl (C=O) groups is 1. The third-order valence-corrected chi connectivity index (χ3v) is 3.78. The Hall–Kier alpha value is -1.55. The summed E-state index contributed by atoms with van der Waals surface area (Å²) in [5, 5.41) is 0. The Labute approximate surface area is 120 Å². The summed E-state index contributed by atoms with van der Waals surface area (Å²) < 4.78 is 5.72. The van der Waals surface area contributed by atoms with E-state index in [2.05, 4.69) is 12.1 Å². The fraction of sp³-hybridized carbons (Fsp3) is 0.562. The molecule has 4 heteroatoms. The molecule has 1 aromatic carbocycles. The van der Waals surface area contributed by atoms with Crippen LogP contribution in [0.3, 0.4) is 0 Å². The molecule has 1 aromatic rings. The second-order valence-electron chi connectivity index (χ2n) is 5.60. The second kappa shape index (κ2) is 6.75. The van der Waals surface area contributed by atoms with Crippen LogP contribution in [0.5, 0.6) is 5.75 Å². The van der Waals surface area contributed by atoms with Crippen LogP contribution in [0.4, 0.5) is 0 Å². The van der Waals surface area contributed by atoms with Gasteiger partial charge in [-0.25, -0.2) is 0 Å². The lowest BCUT2D eigenvalue weighted by Crippen LogP contribution is -2.21. The topological polar surface area (TPSA) is 55.6 Å². The first kappa shape index (κ1) is 14.9. The number of amides is 1. The minimum atomic E-state index is 0.137.